The first-order chi connectivity index (χ1) is 11.3. The Labute approximate surface area is 145 Å². The van der Waals surface area contributed by atoms with Gasteiger partial charge < -0.3 is 10.1 Å². The van der Waals surface area contributed by atoms with Gasteiger partial charge in [-0.15, -0.1) is 0 Å². The van der Waals surface area contributed by atoms with Crippen molar-refractivity contribution in [3.05, 3.63) is 53.6 Å². The molecule has 0 bridgehead atoms. The summed E-state index contributed by atoms with van der Waals surface area (Å²) in [7, 11) is -2.27. The Bertz CT molecular complexity index is 805. The van der Waals surface area contributed by atoms with Gasteiger partial charge in [0.1, 0.15) is 5.75 Å². The molecule has 0 radical (unpaired) electrons. The second-order valence-corrected chi connectivity index (χ2v) is 7.17. The lowest BCUT2D eigenvalue weighted by molar-refractivity contribution is -0.117. The third-order valence-corrected chi connectivity index (χ3v) is 5.02. The second-order valence-electron chi connectivity index (χ2n) is 5.01. The fraction of sp³-hybridized carbons (Fsp3) is 0.188. The Kier molecular flexibility index (Phi) is 5.82. The summed E-state index contributed by atoms with van der Waals surface area (Å²) in [6, 6.07) is 11.5. The molecular formula is C16H17ClN2O4S. The highest BCUT2D eigenvalue weighted by atomic mass is 35.5. The predicted molar refractivity (Wildman–Crippen MR) is 92.9 cm³/mol. The number of methoxy groups -OCH3 is 1. The summed E-state index contributed by atoms with van der Waals surface area (Å²) in [5.74, 6) is 0.183. The highest BCUT2D eigenvalue weighted by Gasteiger charge is 2.22. The summed E-state index contributed by atoms with van der Waals surface area (Å²) in [6.45, 7) is 1.46. The van der Waals surface area contributed by atoms with Gasteiger partial charge in [-0.2, -0.15) is 4.72 Å². The van der Waals surface area contributed by atoms with E-state index in [2.05, 4.69) is 10.0 Å². The van der Waals surface area contributed by atoms with Crippen LogP contribution >= 0.6 is 11.6 Å². The smallest absolute Gasteiger partial charge is 0.242 e. The standard InChI is InChI=1S/C16H17ClN2O4S/c1-11(16(20)18-13-5-7-14(23-2)8-6-13)19-24(21,22)15-9-3-12(17)4-10-15/h3-11,19H,1-2H3,(H,18,20)/t11-/m0/s1. The molecule has 2 aromatic carbocycles. The SMILES string of the molecule is COc1ccc(NC(=O)[C@H](C)NS(=O)(=O)c2ccc(Cl)cc2)cc1. The monoisotopic (exact) mass is 368 g/mol. The van der Waals surface area contributed by atoms with Gasteiger partial charge in [0.25, 0.3) is 0 Å². The number of halogens is 1. The lowest BCUT2D eigenvalue weighted by atomic mass is 10.2. The quantitative estimate of drug-likeness (QED) is 0.820. The normalized spacial score (nSPS) is 12.5. The first kappa shape index (κ1) is 18.3. The summed E-state index contributed by atoms with van der Waals surface area (Å²) in [4.78, 5) is 12.2. The number of rotatable bonds is 6. The topological polar surface area (TPSA) is 84.5 Å². The number of sulfonamides is 1. The average molecular weight is 369 g/mol. The van der Waals surface area contributed by atoms with Crippen LogP contribution in [0.1, 0.15) is 6.92 Å². The van der Waals surface area contributed by atoms with E-state index in [1.54, 1.807) is 31.4 Å². The van der Waals surface area contributed by atoms with E-state index in [4.69, 9.17) is 16.3 Å². The largest absolute Gasteiger partial charge is 0.497 e. The average Bonchev–Trinajstić information content (AvgIpc) is 2.55. The van der Waals surface area contributed by atoms with Gasteiger partial charge in [-0.3, -0.25) is 4.79 Å². The van der Waals surface area contributed by atoms with Gasteiger partial charge >= 0.3 is 0 Å². The maximum absolute atomic E-state index is 12.2. The molecule has 0 spiro atoms. The predicted octanol–water partition coefficient (Wildman–Crippen LogP) is 2.65. The Morgan fingerprint density at radius 3 is 2.21 bits per heavy atom. The number of ether oxygens (including phenoxy) is 1. The lowest BCUT2D eigenvalue weighted by Crippen LogP contribution is -2.41. The van der Waals surface area contributed by atoms with E-state index in [1.165, 1.54) is 31.2 Å². The van der Waals surface area contributed by atoms with E-state index >= 15 is 0 Å². The minimum Gasteiger partial charge on any atom is -0.497 e. The molecule has 128 valence electrons. The molecule has 0 unspecified atom stereocenters. The van der Waals surface area contributed by atoms with E-state index in [9.17, 15) is 13.2 Å². The Hall–Kier alpha value is -2.09. The Balaban J connectivity index is 2.03. The van der Waals surface area contributed by atoms with Crippen LogP contribution in [-0.4, -0.2) is 27.5 Å². The minimum atomic E-state index is -3.81. The molecule has 0 aliphatic carbocycles. The number of nitrogens with one attached hydrogen (secondary N) is 2. The van der Waals surface area contributed by atoms with Crippen molar-refractivity contribution in [2.45, 2.75) is 17.9 Å². The van der Waals surface area contributed by atoms with Crippen molar-refractivity contribution in [1.29, 1.82) is 0 Å². The molecule has 8 heteroatoms. The van der Waals surface area contributed by atoms with Crippen LogP contribution in [-0.2, 0) is 14.8 Å². The van der Waals surface area contributed by atoms with Gasteiger partial charge in [0, 0.05) is 10.7 Å². The molecule has 0 saturated carbocycles. The summed E-state index contributed by atoms with van der Waals surface area (Å²) >= 11 is 5.74. The minimum absolute atomic E-state index is 0.0380. The third kappa shape index (κ3) is 4.70. The van der Waals surface area contributed by atoms with Crippen LogP contribution in [0.2, 0.25) is 5.02 Å². The highest BCUT2D eigenvalue weighted by molar-refractivity contribution is 7.89. The van der Waals surface area contributed by atoms with E-state index in [-0.39, 0.29) is 4.90 Å². The van der Waals surface area contributed by atoms with Gasteiger partial charge in [0.05, 0.1) is 18.0 Å². The van der Waals surface area contributed by atoms with Crippen LogP contribution in [0.15, 0.2) is 53.4 Å². The van der Waals surface area contributed by atoms with E-state index in [0.717, 1.165) is 0 Å². The van der Waals surface area contributed by atoms with Crippen LogP contribution < -0.4 is 14.8 Å². The zero-order chi connectivity index (χ0) is 17.7. The number of hydrogen-bond donors (Lipinski definition) is 2. The first-order valence-corrected chi connectivity index (χ1v) is 8.91. The van der Waals surface area contributed by atoms with Crippen molar-refractivity contribution in [2.24, 2.45) is 0 Å². The molecule has 0 aliphatic heterocycles. The maximum atomic E-state index is 12.2. The molecule has 2 rings (SSSR count). The summed E-state index contributed by atoms with van der Waals surface area (Å²) in [5, 5.41) is 3.06. The summed E-state index contributed by atoms with van der Waals surface area (Å²) in [5.41, 5.74) is 0.540. The summed E-state index contributed by atoms with van der Waals surface area (Å²) in [6.07, 6.45) is 0. The maximum Gasteiger partial charge on any atom is 0.242 e. The molecule has 0 heterocycles. The molecule has 0 fully saturated rings. The number of benzene rings is 2. The van der Waals surface area contributed by atoms with Gasteiger partial charge in [-0.1, -0.05) is 11.6 Å². The van der Waals surface area contributed by atoms with Crippen LogP contribution in [0, 0.1) is 0 Å². The highest BCUT2D eigenvalue weighted by Crippen LogP contribution is 2.16. The van der Waals surface area contributed by atoms with E-state index in [0.29, 0.717) is 16.5 Å². The first-order valence-electron chi connectivity index (χ1n) is 7.04. The molecule has 6 nitrogen and oxygen atoms in total. The molecule has 0 aromatic heterocycles. The molecular weight excluding hydrogens is 352 g/mol. The molecule has 1 atom stereocenters. The number of amides is 1. The molecule has 24 heavy (non-hydrogen) atoms. The van der Waals surface area contributed by atoms with Crippen LogP contribution in [0.5, 0.6) is 5.75 Å². The molecule has 2 N–H and O–H groups in total. The van der Waals surface area contributed by atoms with Crippen molar-refractivity contribution in [3.63, 3.8) is 0 Å². The molecule has 2 aromatic rings. The van der Waals surface area contributed by atoms with Crippen molar-refractivity contribution in [1.82, 2.24) is 4.72 Å². The van der Waals surface area contributed by atoms with Gasteiger partial charge in [-0.25, -0.2) is 8.42 Å². The number of carbonyl (C=O) groups excluding carboxylic acids is 1. The zero-order valence-electron chi connectivity index (χ0n) is 13.1. The van der Waals surface area contributed by atoms with Gasteiger partial charge in [0.15, 0.2) is 0 Å². The lowest BCUT2D eigenvalue weighted by Gasteiger charge is -2.14. The molecule has 1 amide bonds. The fourth-order valence-corrected chi connectivity index (χ4v) is 3.22. The van der Waals surface area contributed by atoms with Crippen molar-refractivity contribution in [2.75, 3.05) is 12.4 Å². The van der Waals surface area contributed by atoms with Gasteiger partial charge in [0.2, 0.25) is 15.9 Å². The fourth-order valence-electron chi connectivity index (χ4n) is 1.89. The van der Waals surface area contributed by atoms with Crippen LogP contribution in [0.4, 0.5) is 5.69 Å². The number of hydrogen-bond acceptors (Lipinski definition) is 4. The van der Waals surface area contributed by atoms with Crippen LogP contribution in [0.25, 0.3) is 0 Å². The molecule has 0 saturated heterocycles. The van der Waals surface area contributed by atoms with E-state index < -0.39 is 22.0 Å². The third-order valence-electron chi connectivity index (χ3n) is 3.21. The Morgan fingerprint density at radius 2 is 1.67 bits per heavy atom. The zero-order valence-corrected chi connectivity index (χ0v) is 14.7. The van der Waals surface area contributed by atoms with Crippen molar-refractivity contribution >= 4 is 33.2 Å². The van der Waals surface area contributed by atoms with Crippen LogP contribution in [0.3, 0.4) is 0 Å². The van der Waals surface area contributed by atoms with Gasteiger partial charge in [-0.05, 0) is 55.5 Å². The number of carbonyl (C=O) groups is 1. The van der Waals surface area contributed by atoms with Crippen molar-refractivity contribution < 1.29 is 17.9 Å². The summed E-state index contributed by atoms with van der Waals surface area (Å²) < 4.78 is 31.8. The second kappa shape index (κ2) is 7.65. The Morgan fingerprint density at radius 1 is 1.08 bits per heavy atom. The van der Waals surface area contributed by atoms with E-state index in [1.807, 2.05) is 0 Å². The number of anilines is 1. The molecule has 0 aliphatic rings. The van der Waals surface area contributed by atoms with Crippen molar-refractivity contribution in [3.8, 4) is 5.75 Å².